The third kappa shape index (κ3) is 4.04. The van der Waals surface area contributed by atoms with E-state index in [4.69, 9.17) is 9.40 Å². The fraction of sp³-hybridized carbons (Fsp3) is 0.458. The molecule has 1 aromatic carbocycles. The Morgan fingerprint density at radius 3 is 2.77 bits per heavy atom. The second-order valence-electron chi connectivity index (χ2n) is 8.40. The van der Waals surface area contributed by atoms with Crippen LogP contribution in [0.1, 0.15) is 48.4 Å². The number of furan rings is 1. The van der Waals surface area contributed by atoms with Gasteiger partial charge >= 0.3 is 0 Å². The summed E-state index contributed by atoms with van der Waals surface area (Å²) in [7, 11) is 0. The summed E-state index contributed by atoms with van der Waals surface area (Å²) in [5, 5.41) is 4.14. The molecule has 3 heterocycles. The van der Waals surface area contributed by atoms with Crippen LogP contribution in [0.4, 0.5) is 5.82 Å². The molecule has 0 saturated carbocycles. The van der Waals surface area contributed by atoms with Gasteiger partial charge < -0.3 is 14.6 Å². The highest BCUT2D eigenvalue weighted by Gasteiger charge is 2.29. The summed E-state index contributed by atoms with van der Waals surface area (Å²) < 4.78 is 5.84. The number of amides is 1. The Labute approximate surface area is 177 Å². The number of carbonyl (C=O) groups excluding carboxylic acids is 1. The van der Waals surface area contributed by atoms with Gasteiger partial charge in [0.1, 0.15) is 17.4 Å². The molecule has 158 valence electrons. The molecule has 2 aromatic heterocycles. The quantitative estimate of drug-likeness (QED) is 0.685. The zero-order valence-corrected chi connectivity index (χ0v) is 18.2. The standard InChI is InChI=1S/C24H30N4O2/c1-15(19-9-6-5-7-10-19)13-25-23(29)20-11-8-12-28(14-20)22-21-16(2)17(3)30-24(21)27-18(4)26-22/h5-7,9-10,15,20H,8,11-14H2,1-4H3,(H,25,29)/t15-,20+/m1/s1. The minimum atomic E-state index is -0.0413. The molecule has 30 heavy (non-hydrogen) atoms. The number of benzene rings is 1. The van der Waals surface area contributed by atoms with Crippen LogP contribution in [-0.2, 0) is 4.79 Å². The average Bonchev–Trinajstić information content (AvgIpc) is 3.05. The largest absolute Gasteiger partial charge is 0.443 e. The number of piperidine rings is 1. The predicted molar refractivity (Wildman–Crippen MR) is 119 cm³/mol. The third-order valence-corrected chi connectivity index (χ3v) is 6.16. The SMILES string of the molecule is Cc1nc(N2CCC[C@H](C(=O)NC[C@@H](C)c3ccccc3)C2)c2c(C)c(C)oc2n1. The number of nitrogens with one attached hydrogen (secondary N) is 1. The van der Waals surface area contributed by atoms with Gasteiger partial charge in [0.25, 0.3) is 0 Å². The van der Waals surface area contributed by atoms with Crippen molar-refractivity contribution in [2.24, 2.45) is 5.92 Å². The molecule has 0 bridgehead atoms. The van der Waals surface area contributed by atoms with Crippen LogP contribution in [0.25, 0.3) is 11.1 Å². The summed E-state index contributed by atoms with van der Waals surface area (Å²) in [6, 6.07) is 10.3. The van der Waals surface area contributed by atoms with Crippen LogP contribution in [-0.4, -0.2) is 35.5 Å². The molecule has 1 aliphatic heterocycles. The molecule has 1 amide bonds. The molecule has 0 spiro atoms. The Bertz CT molecular complexity index is 1040. The molecule has 2 atom stereocenters. The van der Waals surface area contributed by atoms with Gasteiger partial charge in [-0.3, -0.25) is 4.79 Å². The van der Waals surface area contributed by atoms with E-state index in [2.05, 4.69) is 34.3 Å². The number of aryl methyl sites for hydroxylation is 3. The molecule has 1 saturated heterocycles. The van der Waals surface area contributed by atoms with Crippen molar-refractivity contribution >= 4 is 22.8 Å². The topological polar surface area (TPSA) is 71.3 Å². The van der Waals surface area contributed by atoms with Crippen molar-refractivity contribution in [3.8, 4) is 0 Å². The molecule has 3 aromatic rings. The first-order valence-electron chi connectivity index (χ1n) is 10.8. The molecule has 1 N–H and O–H groups in total. The van der Waals surface area contributed by atoms with Gasteiger partial charge in [-0.2, -0.15) is 4.98 Å². The second kappa shape index (κ2) is 8.46. The van der Waals surface area contributed by atoms with Crippen LogP contribution in [0.3, 0.4) is 0 Å². The maximum Gasteiger partial charge on any atom is 0.231 e. The van der Waals surface area contributed by atoms with E-state index in [-0.39, 0.29) is 17.7 Å². The molecule has 1 aliphatic rings. The summed E-state index contributed by atoms with van der Waals surface area (Å²) in [6.45, 7) is 10.2. The van der Waals surface area contributed by atoms with Crippen molar-refractivity contribution in [2.75, 3.05) is 24.5 Å². The lowest BCUT2D eigenvalue weighted by Gasteiger charge is -2.33. The number of hydrogen-bond donors (Lipinski definition) is 1. The van der Waals surface area contributed by atoms with Gasteiger partial charge in [0.15, 0.2) is 0 Å². The zero-order valence-electron chi connectivity index (χ0n) is 18.2. The van der Waals surface area contributed by atoms with E-state index in [0.717, 1.165) is 41.9 Å². The molecule has 0 aliphatic carbocycles. The highest BCUT2D eigenvalue weighted by molar-refractivity contribution is 5.90. The highest BCUT2D eigenvalue weighted by atomic mass is 16.3. The fourth-order valence-corrected chi connectivity index (χ4v) is 4.24. The van der Waals surface area contributed by atoms with Crippen LogP contribution >= 0.6 is 0 Å². The molecule has 0 radical (unpaired) electrons. The minimum Gasteiger partial charge on any atom is -0.443 e. The average molecular weight is 407 g/mol. The van der Waals surface area contributed by atoms with Gasteiger partial charge in [0.2, 0.25) is 11.6 Å². The van der Waals surface area contributed by atoms with E-state index in [0.29, 0.717) is 24.6 Å². The summed E-state index contributed by atoms with van der Waals surface area (Å²) in [6.07, 6.45) is 1.87. The van der Waals surface area contributed by atoms with E-state index < -0.39 is 0 Å². The summed E-state index contributed by atoms with van der Waals surface area (Å²) >= 11 is 0. The first kappa shape index (κ1) is 20.4. The minimum absolute atomic E-state index is 0.0413. The molecule has 6 heteroatoms. The van der Waals surface area contributed by atoms with Crippen molar-refractivity contribution in [2.45, 2.75) is 46.5 Å². The first-order chi connectivity index (χ1) is 14.4. The lowest BCUT2D eigenvalue weighted by molar-refractivity contribution is -0.125. The smallest absolute Gasteiger partial charge is 0.231 e. The molecule has 4 rings (SSSR count). The Morgan fingerprint density at radius 2 is 2.00 bits per heavy atom. The number of rotatable bonds is 5. The number of nitrogens with zero attached hydrogens (tertiary/aromatic N) is 3. The monoisotopic (exact) mass is 406 g/mol. The van der Waals surface area contributed by atoms with E-state index in [1.54, 1.807) is 0 Å². The van der Waals surface area contributed by atoms with E-state index in [9.17, 15) is 4.79 Å². The fourth-order valence-electron chi connectivity index (χ4n) is 4.24. The van der Waals surface area contributed by atoms with Gasteiger partial charge in [-0.1, -0.05) is 37.3 Å². The Balaban J connectivity index is 1.47. The predicted octanol–water partition coefficient (Wildman–Crippen LogP) is 4.28. The van der Waals surface area contributed by atoms with Crippen molar-refractivity contribution in [3.63, 3.8) is 0 Å². The summed E-state index contributed by atoms with van der Waals surface area (Å²) in [5.41, 5.74) is 2.95. The number of aromatic nitrogens is 2. The van der Waals surface area contributed by atoms with Crippen molar-refractivity contribution < 1.29 is 9.21 Å². The second-order valence-corrected chi connectivity index (χ2v) is 8.40. The summed E-state index contributed by atoms with van der Waals surface area (Å²) in [4.78, 5) is 24.3. The molecular weight excluding hydrogens is 376 g/mol. The first-order valence-corrected chi connectivity index (χ1v) is 10.8. The van der Waals surface area contributed by atoms with Crippen molar-refractivity contribution in [1.29, 1.82) is 0 Å². The van der Waals surface area contributed by atoms with Crippen LogP contribution in [0.15, 0.2) is 34.7 Å². The Hall–Kier alpha value is -2.89. The zero-order chi connectivity index (χ0) is 21.3. The highest BCUT2D eigenvalue weighted by Crippen LogP contribution is 2.33. The van der Waals surface area contributed by atoms with Gasteiger partial charge in [-0.15, -0.1) is 0 Å². The van der Waals surface area contributed by atoms with E-state index >= 15 is 0 Å². The van der Waals surface area contributed by atoms with E-state index in [1.807, 2.05) is 39.0 Å². The van der Waals surface area contributed by atoms with Gasteiger partial charge in [-0.05, 0) is 45.1 Å². The molecule has 0 unspecified atom stereocenters. The van der Waals surface area contributed by atoms with Crippen LogP contribution in [0, 0.1) is 26.7 Å². The molecule has 6 nitrogen and oxygen atoms in total. The maximum atomic E-state index is 12.9. The number of fused-ring (bicyclic) bond motifs is 1. The molecule has 1 fully saturated rings. The molecular formula is C24H30N4O2. The number of hydrogen-bond acceptors (Lipinski definition) is 5. The van der Waals surface area contributed by atoms with Crippen LogP contribution in [0.5, 0.6) is 0 Å². The van der Waals surface area contributed by atoms with Crippen molar-refractivity contribution in [1.82, 2.24) is 15.3 Å². The number of anilines is 1. The van der Waals surface area contributed by atoms with Gasteiger partial charge in [0.05, 0.1) is 11.3 Å². The third-order valence-electron chi connectivity index (χ3n) is 6.16. The van der Waals surface area contributed by atoms with E-state index in [1.165, 1.54) is 5.56 Å². The lowest BCUT2D eigenvalue weighted by Crippen LogP contribution is -2.44. The maximum absolute atomic E-state index is 12.9. The number of carbonyl (C=O) groups is 1. The van der Waals surface area contributed by atoms with Crippen LogP contribution < -0.4 is 10.2 Å². The van der Waals surface area contributed by atoms with Crippen molar-refractivity contribution in [3.05, 3.63) is 53.0 Å². The summed E-state index contributed by atoms with van der Waals surface area (Å²) in [5.74, 6) is 2.82. The Kier molecular flexibility index (Phi) is 5.75. The lowest BCUT2D eigenvalue weighted by atomic mass is 9.96. The normalized spacial score (nSPS) is 17.9. The van der Waals surface area contributed by atoms with Crippen LogP contribution in [0.2, 0.25) is 0 Å². The van der Waals surface area contributed by atoms with Gasteiger partial charge in [0, 0.05) is 25.2 Å². The van der Waals surface area contributed by atoms with Gasteiger partial charge in [-0.25, -0.2) is 4.98 Å². The Morgan fingerprint density at radius 1 is 1.23 bits per heavy atom.